The van der Waals surface area contributed by atoms with Crippen molar-refractivity contribution in [3.05, 3.63) is 40.0 Å². The van der Waals surface area contributed by atoms with Gasteiger partial charge in [0.25, 0.3) is 5.56 Å². The highest BCUT2D eigenvalue weighted by Crippen LogP contribution is 2.29. The highest BCUT2D eigenvalue weighted by Gasteiger charge is 2.15. The van der Waals surface area contributed by atoms with Gasteiger partial charge in [0.1, 0.15) is 16.2 Å². The van der Waals surface area contributed by atoms with Gasteiger partial charge in [-0.05, 0) is 35.9 Å². The second-order valence-electron chi connectivity index (χ2n) is 7.07. The number of nitrogens with zero attached hydrogens (tertiary/aromatic N) is 2. The second-order valence-corrected chi connectivity index (χ2v) is 8.93. The molecule has 7 nitrogen and oxygen atoms in total. The van der Waals surface area contributed by atoms with E-state index in [0.717, 1.165) is 6.42 Å². The van der Waals surface area contributed by atoms with Crippen molar-refractivity contribution >= 4 is 44.9 Å². The van der Waals surface area contributed by atoms with Crippen molar-refractivity contribution in [1.82, 2.24) is 9.55 Å². The van der Waals surface area contributed by atoms with Crippen LogP contribution in [0.4, 0.5) is 5.69 Å². The number of hydrogen-bond acceptors (Lipinski definition) is 7. The fourth-order valence-electron chi connectivity index (χ4n) is 2.84. The predicted octanol–water partition coefficient (Wildman–Crippen LogP) is 4.25. The van der Waals surface area contributed by atoms with Crippen LogP contribution in [0.15, 0.2) is 39.6 Å². The number of nitrogens with one attached hydrogen (secondary N) is 1. The van der Waals surface area contributed by atoms with E-state index in [1.807, 2.05) is 11.4 Å². The Morgan fingerprint density at radius 2 is 2.07 bits per heavy atom. The van der Waals surface area contributed by atoms with E-state index in [-0.39, 0.29) is 17.2 Å². The molecule has 0 spiro atoms. The first-order valence-corrected chi connectivity index (χ1v) is 11.4. The van der Waals surface area contributed by atoms with Crippen LogP contribution in [-0.2, 0) is 11.3 Å². The van der Waals surface area contributed by atoms with E-state index in [1.165, 1.54) is 30.2 Å². The van der Waals surface area contributed by atoms with Crippen LogP contribution in [0.3, 0.4) is 0 Å². The summed E-state index contributed by atoms with van der Waals surface area (Å²) in [6, 6.07) is 7.02. The van der Waals surface area contributed by atoms with Gasteiger partial charge in [-0.15, -0.1) is 11.3 Å². The first-order valence-electron chi connectivity index (χ1n) is 9.55. The molecule has 0 atom stereocenters. The summed E-state index contributed by atoms with van der Waals surface area (Å²) in [5, 5.41) is 5.27. The first kappa shape index (κ1) is 22.2. The van der Waals surface area contributed by atoms with Crippen molar-refractivity contribution in [2.24, 2.45) is 5.92 Å². The normalized spacial score (nSPS) is 11.1. The maximum atomic E-state index is 12.9. The zero-order chi connectivity index (χ0) is 21.7. The Morgan fingerprint density at radius 3 is 2.77 bits per heavy atom. The van der Waals surface area contributed by atoms with E-state index in [9.17, 15) is 9.59 Å². The molecular formula is C21H25N3O4S2. The highest BCUT2D eigenvalue weighted by atomic mass is 32.2. The maximum Gasteiger partial charge on any atom is 0.272 e. The standard InChI is InChI=1S/C21H25N3O4S2/c1-13(2)7-9-24-20(26)19-16(8-10-29-19)23-21(24)30-12-18(25)22-15-6-5-14(27-3)11-17(15)28-4/h5-6,8,10-11,13H,7,9,12H2,1-4H3,(H,22,25). The molecule has 0 aliphatic rings. The minimum atomic E-state index is -0.210. The van der Waals surface area contributed by atoms with Crippen molar-refractivity contribution in [2.75, 3.05) is 25.3 Å². The molecule has 2 aromatic heterocycles. The number of carbonyl (C=O) groups is 1. The summed E-state index contributed by atoms with van der Waals surface area (Å²) in [4.78, 5) is 30.1. The fraction of sp³-hybridized carbons (Fsp3) is 0.381. The first-order chi connectivity index (χ1) is 14.4. The number of anilines is 1. The lowest BCUT2D eigenvalue weighted by Gasteiger charge is -2.14. The van der Waals surface area contributed by atoms with Crippen LogP contribution >= 0.6 is 23.1 Å². The number of methoxy groups -OCH3 is 2. The molecule has 9 heteroatoms. The Morgan fingerprint density at radius 1 is 1.27 bits per heavy atom. The molecule has 160 valence electrons. The van der Waals surface area contributed by atoms with Gasteiger partial charge in [0, 0.05) is 12.6 Å². The van der Waals surface area contributed by atoms with Gasteiger partial charge >= 0.3 is 0 Å². The predicted molar refractivity (Wildman–Crippen MR) is 122 cm³/mol. The van der Waals surface area contributed by atoms with Crippen molar-refractivity contribution in [3.63, 3.8) is 0 Å². The minimum absolute atomic E-state index is 0.0459. The van der Waals surface area contributed by atoms with Crippen LogP contribution in [0.2, 0.25) is 0 Å². The van der Waals surface area contributed by atoms with E-state index in [1.54, 1.807) is 29.9 Å². The number of carbonyl (C=O) groups excluding carboxylic acids is 1. The van der Waals surface area contributed by atoms with Crippen molar-refractivity contribution in [2.45, 2.75) is 32.0 Å². The number of amides is 1. The van der Waals surface area contributed by atoms with E-state index >= 15 is 0 Å². The third kappa shape index (κ3) is 5.14. The Bertz CT molecular complexity index is 1090. The van der Waals surface area contributed by atoms with Gasteiger partial charge < -0.3 is 14.8 Å². The summed E-state index contributed by atoms with van der Waals surface area (Å²) < 4.78 is 12.8. The Kier molecular flexibility index (Phi) is 7.38. The number of thioether (sulfide) groups is 1. The summed E-state index contributed by atoms with van der Waals surface area (Å²) in [6.45, 7) is 4.81. The van der Waals surface area contributed by atoms with Gasteiger partial charge in [-0.2, -0.15) is 0 Å². The topological polar surface area (TPSA) is 82.5 Å². The quantitative estimate of drug-likeness (QED) is 0.390. The van der Waals surface area contributed by atoms with Gasteiger partial charge in [0.2, 0.25) is 5.91 Å². The fourth-order valence-corrected chi connectivity index (χ4v) is 4.44. The molecule has 2 heterocycles. The molecular weight excluding hydrogens is 422 g/mol. The number of thiophene rings is 1. The van der Waals surface area contributed by atoms with Crippen LogP contribution in [0.25, 0.3) is 10.2 Å². The summed E-state index contributed by atoms with van der Waals surface area (Å²) in [5.41, 5.74) is 1.18. The SMILES string of the molecule is COc1ccc(NC(=O)CSc2nc3ccsc3c(=O)n2CCC(C)C)c(OC)c1. The van der Waals surface area contributed by atoms with Crippen molar-refractivity contribution in [1.29, 1.82) is 0 Å². The Balaban J connectivity index is 1.77. The number of fused-ring (bicyclic) bond motifs is 1. The largest absolute Gasteiger partial charge is 0.497 e. The van der Waals surface area contributed by atoms with E-state index < -0.39 is 0 Å². The van der Waals surface area contributed by atoms with Crippen LogP contribution in [0.1, 0.15) is 20.3 Å². The summed E-state index contributed by atoms with van der Waals surface area (Å²) in [7, 11) is 3.10. The van der Waals surface area contributed by atoms with E-state index in [0.29, 0.717) is 45.0 Å². The molecule has 0 saturated heterocycles. The lowest BCUT2D eigenvalue weighted by molar-refractivity contribution is -0.113. The van der Waals surface area contributed by atoms with Gasteiger partial charge in [-0.25, -0.2) is 4.98 Å². The summed E-state index contributed by atoms with van der Waals surface area (Å²) in [5.74, 6) is 1.53. The van der Waals surface area contributed by atoms with Crippen LogP contribution < -0.4 is 20.3 Å². The molecule has 30 heavy (non-hydrogen) atoms. The average Bonchev–Trinajstić information content (AvgIpc) is 3.20. The smallest absolute Gasteiger partial charge is 0.272 e. The molecule has 0 bridgehead atoms. The lowest BCUT2D eigenvalue weighted by atomic mass is 10.1. The number of ether oxygens (including phenoxy) is 2. The Hall–Kier alpha value is -2.52. The van der Waals surface area contributed by atoms with Gasteiger partial charge in [0.05, 0.1) is 31.2 Å². The second kappa shape index (κ2) is 9.99. The third-order valence-electron chi connectivity index (χ3n) is 4.48. The molecule has 1 N–H and O–H groups in total. The summed E-state index contributed by atoms with van der Waals surface area (Å²) >= 11 is 2.65. The molecule has 1 aromatic carbocycles. The van der Waals surface area contributed by atoms with Crippen LogP contribution in [0.5, 0.6) is 11.5 Å². The van der Waals surface area contributed by atoms with Gasteiger partial charge in [-0.1, -0.05) is 25.6 Å². The third-order valence-corrected chi connectivity index (χ3v) is 6.34. The average molecular weight is 448 g/mol. The highest BCUT2D eigenvalue weighted by molar-refractivity contribution is 7.99. The number of rotatable bonds is 9. The van der Waals surface area contributed by atoms with Gasteiger partial charge in [-0.3, -0.25) is 14.2 Å². The lowest BCUT2D eigenvalue weighted by Crippen LogP contribution is -2.24. The number of hydrogen-bond donors (Lipinski definition) is 1. The van der Waals surface area contributed by atoms with Crippen LogP contribution in [-0.4, -0.2) is 35.4 Å². The van der Waals surface area contributed by atoms with Crippen molar-refractivity contribution in [3.8, 4) is 11.5 Å². The van der Waals surface area contributed by atoms with Crippen LogP contribution in [0, 0.1) is 5.92 Å². The number of aromatic nitrogens is 2. The molecule has 0 fully saturated rings. The minimum Gasteiger partial charge on any atom is -0.497 e. The maximum absolute atomic E-state index is 12.9. The molecule has 1 amide bonds. The molecule has 0 saturated carbocycles. The van der Waals surface area contributed by atoms with E-state index in [2.05, 4.69) is 24.1 Å². The molecule has 3 rings (SSSR count). The van der Waals surface area contributed by atoms with Gasteiger partial charge in [0.15, 0.2) is 5.16 Å². The monoisotopic (exact) mass is 447 g/mol. The zero-order valence-electron chi connectivity index (χ0n) is 17.4. The Labute approximate surface area is 183 Å². The number of benzene rings is 1. The molecule has 0 radical (unpaired) electrons. The van der Waals surface area contributed by atoms with Crippen molar-refractivity contribution < 1.29 is 14.3 Å². The zero-order valence-corrected chi connectivity index (χ0v) is 19.1. The molecule has 0 unspecified atom stereocenters. The molecule has 0 aliphatic carbocycles. The van der Waals surface area contributed by atoms with E-state index in [4.69, 9.17) is 9.47 Å². The molecule has 3 aromatic rings. The summed E-state index contributed by atoms with van der Waals surface area (Å²) in [6.07, 6.45) is 0.862. The molecule has 0 aliphatic heterocycles.